The van der Waals surface area contributed by atoms with Crippen LogP contribution in [0.5, 0.6) is 5.75 Å². The highest BCUT2D eigenvalue weighted by atomic mass is 16.5. The Morgan fingerprint density at radius 1 is 1.33 bits per heavy atom. The second-order valence-corrected chi connectivity index (χ2v) is 5.47. The van der Waals surface area contributed by atoms with Crippen molar-refractivity contribution in [3.05, 3.63) is 28.8 Å². The normalized spacial score (nSPS) is 15.9. The number of nitrogens with one attached hydrogen (secondary N) is 1. The van der Waals surface area contributed by atoms with Gasteiger partial charge in [0.2, 0.25) is 0 Å². The van der Waals surface area contributed by atoms with Crippen molar-refractivity contribution in [2.24, 2.45) is 0 Å². The molecule has 0 bridgehead atoms. The molecule has 1 aromatic carbocycles. The second kappa shape index (κ2) is 7.43. The number of carbonyl (C=O) groups excluding carboxylic acids is 1. The van der Waals surface area contributed by atoms with E-state index in [9.17, 15) is 9.90 Å². The Morgan fingerprint density at radius 2 is 2.05 bits per heavy atom. The van der Waals surface area contributed by atoms with E-state index >= 15 is 0 Å². The van der Waals surface area contributed by atoms with Crippen molar-refractivity contribution < 1.29 is 14.6 Å². The zero-order chi connectivity index (χ0) is 15.2. The fourth-order valence-electron chi connectivity index (χ4n) is 2.41. The number of aromatic hydroxyl groups is 1. The van der Waals surface area contributed by atoms with Gasteiger partial charge in [0.1, 0.15) is 5.75 Å². The van der Waals surface area contributed by atoms with Crippen LogP contribution < -0.4 is 5.32 Å². The van der Waals surface area contributed by atoms with Crippen LogP contribution in [0.1, 0.15) is 27.9 Å². The van der Waals surface area contributed by atoms with Crippen LogP contribution >= 0.6 is 0 Å². The maximum Gasteiger partial charge on any atom is 0.255 e. The van der Waals surface area contributed by atoms with E-state index in [1.807, 2.05) is 19.9 Å². The topological polar surface area (TPSA) is 61.8 Å². The van der Waals surface area contributed by atoms with Gasteiger partial charge in [-0.05, 0) is 44.0 Å². The summed E-state index contributed by atoms with van der Waals surface area (Å²) in [7, 11) is 0. The molecule has 5 heteroatoms. The molecule has 21 heavy (non-hydrogen) atoms. The number of rotatable bonds is 5. The van der Waals surface area contributed by atoms with Crippen LogP contribution in [0.25, 0.3) is 0 Å². The summed E-state index contributed by atoms with van der Waals surface area (Å²) in [5.41, 5.74) is 2.09. The zero-order valence-corrected chi connectivity index (χ0v) is 12.8. The molecule has 0 atom stereocenters. The monoisotopic (exact) mass is 292 g/mol. The molecule has 0 radical (unpaired) electrons. The lowest BCUT2D eigenvalue weighted by molar-refractivity contribution is 0.0374. The highest BCUT2D eigenvalue weighted by Crippen LogP contribution is 2.24. The summed E-state index contributed by atoms with van der Waals surface area (Å²) >= 11 is 0. The van der Waals surface area contributed by atoms with Gasteiger partial charge in [-0.25, -0.2) is 0 Å². The number of phenolic OH excluding ortho intramolecular Hbond substituents is 1. The molecule has 1 aliphatic rings. The number of morpholine rings is 1. The first-order valence-corrected chi connectivity index (χ1v) is 7.47. The van der Waals surface area contributed by atoms with Crippen molar-refractivity contribution in [3.8, 4) is 5.75 Å². The smallest absolute Gasteiger partial charge is 0.255 e. The molecule has 0 aromatic heterocycles. The minimum atomic E-state index is -0.211. The Bertz CT molecular complexity index is 497. The molecular formula is C16H24N2O3. The van der Waals surface area contributed by atoms with Crippen LogP contribution in [0, 0.1) is 13.8 Å². The molecular weight excluding hydrogens is 268 g/mol. The average molecular weight is 292 g/mol. The van der Waals surface area contributed by atoms with Crippen LogP contribution in [0.2, 0.25) is 0 Å². The first-order valence-electron chi connectivity index (χ1n) is 7.47. The fourth-order valence-corrected chi connectivity index (χ4v) is 2.41. The van der Waals surface area contributed by atoms with Gasteiger partial charge in [0.25, 0.3) is 5.91 Å². The van der Waals surface area contributed by atoms with Gasteiger partial charge in [0.15, 0.2) is 0 Å². The van der Waals surface area contributed by atoms with E-state index in [-0.39, 0.29) is 11.7 Å². The van der Waals surface area contributed by atoms with Crippen molar-refractivity contribution in [1.29, 1.82) is 0 Å². The number of aryl methyl sites for hydroxylation is 1. The molecule has 2 N–H and O–H groups in total. The summed E-state index contributed by atoms with van der Waals surface area (Å²) in [5.74, 6) is -0.127. The van der Waals surface area contributed by atoms with Gasteiger partial charge in [-0.2, -0.15) is 0 Å². The summed E-state index contributed by atoms with van der Waals surface area (Å²) in [4.78, 5) is 14.4. The minimum absolute atomic E-state index is 0.0840. The third kappa shape index (κ3) is 4.19. The summed E-state index contributed by atoms with van der Waals surface area (Å²) in [6.45, 7) is 8.83. The summed E-state index contributed by atoms with van der Waals surface area (Å²) in [6, 6.07) is 3.53. The molecule has 2 rings (SSSR count). The molecule has 0 spiro atoms. The third-order valence-electron chi connectivity index (χ3n) is 3.99. The molecule has 5 nitrogen and oxygen atoms in total. The molecule has 0 unspecified atom stereocenters. The van der Waals surface area contributed by atoms with Crippen LogP contribution in [0.3, 0.4) is 0 Å². The molecule has 1 saturated heterocycles. The van der Waals surface area contributed by atoms with Gasteiger partial charge in [0.05, 0.1) is 18.8 Å². The van der Waals surface area contributed by atoms with Crippen molar-refractivity contribution in [2.45, 2.75) is 20.3 Å². The average Bonchev–Trinajstić information content (AvgIpc) is 2.50. The number of hydrogen-bond donors (Lipinski definition) is 2. The predicted molar refractivity (Wildman–Crippen MR) is 81.8 cm³/mol. The Hall–Kier alpha value is -1.59. The number of nitrogens with zero attached hydrogens (tertiary/aromatic N) is 1. The second-order valence-electron chi connectivity index (χ2n) is 5.47. The van der Waals surface area contributed by atoms with Gasteiger partial charge in [0, 0.05) is 19.6 Å². The van der Waals surface area contributed by atoms with Crippen molar-refractivity contribution in [2.75, 3.05) is 39.4 Å². The Kier molecular flexibility index (Phi) is 5.59. The van der Waals surface area contributed by atoms with Crippen molar-refractivity contribution in [3.63, 3.8) is 0 Å². The molecule has 116 valence electrons. The minimum Gasteiger partial charge on any atom is -0.507 e. The van der Waals surface area contributed by atoms with Crippen LogP contribution in [0.15, 0.2) is 12.1 Å². The first kappa shape index (κ1) is 15.8. The third-order valence-corrected chi connectivity index (χ3v) is 3.99. The summed E-state index contributed by atoms with van der Waals surface area (Å²) < 4.78 is 5.30. The lowest BCUT2D eigenvalue weighted by atomic mass is 10.0. The highest BCUT2D eigenvalue weighted by Gasteiger charge is 2.14. The lowest BCUT2D eigenvalue weighted by Crippen LogP contribution is -2.38. The zero-order valence-electron chi connectivity index (χ0n) is 12.8. The molecule has 1 aromatic rings. The Labute approximate surface area is 125 Å². The number of benzene rings is 1. The molecule has 1 aliphatic heterocycles. The quantitative estimate of drug-likeness (QED) is 0.807. The standard InChI is InChI=1S/C16H24N2O3/c1-12-4-5-14(15(19)13(12)2)16(20)17-6-3-7-18-8-10-21-11-9-18/h4-5,19H,3,6-11H2,1-2H3,(H,17,20). The maximum atomic E-state index is 12.1. The van der Waals surface area contributed by atoms with E-state index in [2.05, 4.69) is 10.2 Å². The van der Waals surface area contributed by atoms with Gasteiger partial charge in [-0.1, -0.05) is 6.07 Å². The number of phenols is 1. The van der Waals surface area contributed by atoms with Gasteiger partial charge >= 0.3 is 0 Å². The molecule has 0 aliphatic carbocycles. The number of amides is 1. The van der Waals surface area contributed by atoms with Gasteiger partial charge in [-0.3, -0.25) is 9.69 Å². The first-order chi connectivity index (χ1) is 10.1. The number of carbonyl (C=O) groups is 1. The van der Waals surface area contributed by atoms with E-state index in [1.165, 1.54) is 0 Å². The van der Waals surface area contributed by atoms with E-state index in [0.29, 0.717) is 12.1 Å². The van der Waals surface area contributed by atoms with E-state index in [1.54, 1.807) is 6.07 Å². The summed E-state index contributed by atoms with van der Waals surface area (Å²) in [6.07, 6.45) is 0.900. The van der Waals surface area contributed by atoms with Crippen LogP contribution in [-0.4, -0.2) is 55.3 Å². The Balaban J connectivity index is 1.78. The molecule has 1 heterocycles. The van der Waals surface area contributed by atoms with E-state index in [0.717, 1.165) is 50.4 Å². The molecule has 1 amide bonds. The number of ether oxygens (including phenoxy) is 1. The van der Waals surface area contributed by atoms with E-state index < -0.39 is 0 Å². The molecule has 1 fully saturated rings. The van der Waals surface area contributed by atoms with Crippen LogP contribution in [0.4, 0.5) is 0 Å². The SMILES string of the molecule is Cc1ccc(C(=O)NCCCN2CCOCC2)c(O)c1C. The largest absolute Gasteiger partial charge is 0.507 e. The number of hydrogen-bond acceptors (Lipinski definition) is 4. The van der Waals surface area contributed by atoms with Crippen molar-refractivity contribution >= 4 is 5.91 Å². The molecule has 0 saturated carbocycles. The van der Waals surface area contributed by atoms with Crippen LogP contribution in [-0.2, 0) is 4.74 Å². The Morgan fingerprint density at radius 3 is 2.76 bits per heavy atom. The van der Waals surface area contributed by atoms with E-state index in [4.69, 9.17) is 4.74 Å². The van der Waals surface area contributed by atoms with Crippen molar-refractivity contribution in [1.82, 2.24) is 10.2 Å². The van der Waals surface area contributed by atoms with Gasteiger partial charge < -0.3 is 15.2 Å². The summed E-state index contributed by atoms with van der Waals surface area (Å²) in [5, 5.41) is 12.9. The maximum absolute atomic E-state index is 12.1. The highest BCUT2D eigenvalue weighted by molar-refractivity contribution is 5.97. The van der Waals surface area contributed by atoms with Gasteiger partial charge in [-0.15, -0.1) is 0 Å². The predicted octanol–water partition coefficient (Wildman–Crippen LogP) is 1.46. The lowest BCUT2D eigenvalue weighted by Gasteiger charge is -2.26. The fraction of sp³-hybridized carbons (Fsp3) is 0.562.